The van der Waals surface area contributed by atoms with E-state index in [1.165, 1.54) is 24.9 Å². The molecule has 17 heavy (non-hydrogen) atoms. The molecule has 3 atom stereocenters. The molecular weight excluding hydrogens is 212 g/mol. The quantitative estimate of drug-likeness (QED) is 0.841. The van der Waals surface area contributed by atoms with Gasteiger partial charge in [0.1, 0.15) is 0 Å². The van der Waals surface area contributed by atoms with Crippen LogP contribution in [0.1, 0.15) is 24.4 Å². The largest absolute Gasteiger partial charge is 0.373 e. The number of hydrogen-bond donors (Lipinski definition) is 1. The Labute approximate surface area is 103 Å². The van der Waals surface area contributed by atoms with E-state index in [-0.39, 0.29) is 12.1 Å². The average molecular weight is 232 g/mol. The van der Waals surface area contributed by atoms with E-state index in [4.69, 9.17) is 10.5 Å². The van der Waals surface area contributed by atoms with E-state index in [0.29, 0.717) is 6.04 Å². The smallest absolute Gasteiger partial charge is 0.0895 e. The van der Waals surface area contributed by atoms with Gasteiger partial charge in [0.05, 0.1) is 18.8 Å². The zero-order chi connectivity index (χ0) is 11.7. The molecule has 0 spiro atoms. The molecule has 2 aliphatic rings. The molecule has 0 bridgehead atoms. The second-order valence-corrected chi connectivity index (χ2v) is 5.10. The van der Waals surface area contributed by atoms with Crippen LogP contribution in [0.5, 0.6) is 0 Å². The minimum atomic E-state index is -0.00208. The Morgan fingerprint density at radius 3 is 2.94 bits per heavy atom. The minimum absolute atomic E-state index is 0.00208. The molecule has 1 aromatic rings. The summed E-state index contributed by atoms with van der Waals surface area (Å²) in [5.74, 6) is 0. The van der Waals surface area contributed by atoms with Gasteiger partial charge in [-0.25, -0.2) is 0 Å². The third kappa shape index (κ3) is 2.23. The van der Waals surface area contributed by atoms with Crippen molar-refractivity contribution in [2.45, 2.75) is 31.0 Å². The first-order chi connectivity index (χ1) is 8.34. The van der Waals surface area contributed by atoms with Crippen LogP contribution in [-0.2, 0) is 4.74 Å². The van der Waals surface area contributed by atoms with Crippen molar-refractivity contribution in [3.05, 3.63) is 35.9 Å². The lowest BCUT2D eigenvalue weighted by molar-refractivity contribution is -0.0597. The molecule has 2 aliphatic heterocycles. The van der Waals surface area contributed by atoms with Gasteiger partial charge in [0, 0.05) is 12.6 Å². The van der Waals surface area contributed by atoms with Crippen LogP contribution in [0.3, 0.4) is 0 Å². The maximum absolute atomic E-state index is 6.30. The predicted molar refractivity (Wildman–Crippen MR) is 67.7 cm³/mol. The van der Waals surface area contributed by atoms with Crippen molar-refractivity contribution in [3.8, 4) is 0 Å². The molecule has 3 heteroatoms. The van der Waals surface area contributed by atoms with Gasteiger partial charge in [-0.2, -0.15) is 0 Å². The lowest BCUT2D eigenvalue weighted by Gasteiger charge is -2.37. The zero-order valence-corrected chi connectivity index (χ0v) is 10.1. The van der Waals surface area contributed by atoms with Crippen molar-refractivity contribution < 1.29 is 4.74 Å². The van der Waals surface area contributed by atoms with Gasteiger partial charge in [-0.05, 0) is 24.9 Å². The van der Waals surface area contributed by atoms with E-state index in [9.17, 15) is 0 Å². The van der Waals surface area contributed by atoms with Gasteiger partial charge in [0.25, 0.3) is 0 Å². The molecule has 92 valence electrons. The monoisotopic (exact) mass is 232 g/mol. The highest BCUT2D eigenvalue weighted by atomic mass is 16.5. The Kier molecular flexibility index (Phi) is 3.14. The predicted octanol–water partition coefficient (Wildman–Crippen LogP) is 1.55. The Balaban J connectivity index is 1.69. The van der Waals surface area contributed by atoms with Crippen LogP contribution in [0, 0.1) is 0 Å². The van der Waals surface area contributed by atoms with Gasteiger partial charge in [-0.1, -0.05) is 30.3 Å². The number of morpholine rings is 1. The molecule has 2 saturated heterocycles. The molecule has 0 saturated carbocycles. The van der Waals surface area contributed by atoms with Crippen molar-refractivity contribution >= 4 is 0 Å². The van der Waals surface area contributed by atoms with Crippen LogP contribution in [0.2, 0.25) is 0 Å². The zero-order valence-electron chi connectivity index (χ0n) is 10.1. The van der Waals surface area contributed by atoms with Crippen molar-refractivity contribution in [3.63, 3.8) is 0 Å². The molecular formula is C14H20N2O. The molecule has 3 nitrogen and oxygen atoms in total. The van der Waals surface area contributed by atoms with Crippen LogP contribution in [0.25, 0.3) is 0 Å². The van der Waals surface area contributed by atoms with E-state index < -0.39 is 0 Å². The van der Waals surface area contributed by atoms with Crippen LogP contribution in [0.15, 0.2) is 30.3 Å². The molecule has 2 N–H and O–H groups in total. The van der Waals surface area contributed by atoms with Crippen LogP contribution >= 0.6 is 0 Å². The van der Waals surface area contributed by atoms with Crippen LogP contribution in [0.4, 0.5) is 0 Å². The highest BCUT2D eigenvalue weighted by molar-refractivity contribution is 5.20. The fourth-order valence-corrected chi connectivity index (χ4v) is 2.95. The number of ether oxygens (including phenoxy) is 1. The highest BCUT2D eigenvalue weighted by Crippen LogP contribution is 2.27. The van der Waals surface area contributed by atoms with Crippen molar-refractivity contribution in [1.29, 1.82) is 0 Å². The summed E-state index contributed by atoms with van der Waals surface area (Å²) in [6, 6.07) is 10.9. The molecule has 0 aliphatic carbocycles. The molecule has 3 unspecified atom stereocenters. The summed E-state index contributed by atoms with van der Waals surface area (Å²) < 4.78 is 5.94. The number of hydrogen-bond acceptors (Lipinski definition) is 3. The van der Waals surface area contributed by atoms with Gasteiger partial charge in [-0.3, -0.25) is 4.90 Å². The van der Waals surface area contributed by atoms with Gasteiger partial charge >= 0.3 is 0 Å². The van der Waals surface area contributed by atoms with Gasteiger partial charge in [0.15, 0.2) is 0 Å². The number of nitrogens with zero attached hydrogens (tertiary/aromatic N) is 1. The molecule has 2 heterocycles. The summed E-state index contributed by atoms with van der Waals surface area (Å²) in [6.45, 7) is 3.05. The van der Waals surface area contributed by atoms with Gasteiger partial charge in [0.2, 0.25) is 0 Å². The molecule has 0 amide bonds. The topological polar surface area (TPSA) is 38.5 Å². The van der Waals surface area contributed by atoms with E-state index >= 15 is 0 Å². The van der Waals surface area contributed by atoms with Crippen molar-refractivity contribution in [2.75, 3.05) is 19.7 Å². The summed E-state index contributed by atoms with van der Waals surface area (Å²) in [7, 11) is 0. The van der Waals surface area contributed by atoms with Crippen molar-refractivity contribution in [1.82, 2.24) is 4.90 Å². The van der Waals surface area contributed by atoms with E-state index in [1.54, 1.807) is 0 Å². The normalized spacial score (nSPS) is 31.1. The van der Waals surface area contributed by atoms with Crippen molar-refractivity contribution in [2.24, 2.45) is 5.73 Å². The van der Waals surface area contributed by atoms with E-state index in [1.807, 2.05) is 18.2 Å². The first-order valence-electron chi connectivity index (χ1n) is 6.51. The molecule has 1 aromatic carbocycles. The highest BCUT2D eigenvalue weighted by Gasteiger charge is 2.34. The summed E-state index contributed by atoms with van der Waals surface area (Å²) >= 11 is 0. The van der Waals surface area contributed by atoms with Crippen LogP contribution < -0.4 is 5.73 Å². The maximum Gasteiger partial charge on any atom is 0.0895 e. The third-order valence-electron chi connectivity index (χ3n) is 4.00. The second kappa shape index (κ2) is 4.77. The molecule has 0 aromatic heterocycles. The SMILES string of the molecule is NC(c1ccccc1)C1CN2CCCC2CO1. The first kappa shape index (κ1) is 11.2. The summed E-state index contributed by atoms with van der Waals surface area (Å²) in [5, 5.41) is 0. The Bertz CT molecular complexity index is 368. The number of rotatable bonds is 2. The summed E-state index contributed by atoms with van der Waals surface area (Å²) in [5.41, 5.74) is 7.48. The standard InChI is InChI=1S/C14H20N2O/c15-14(11-5-2-1-3-6-11)13-9-16-8-4-7-12(16)10-17-13/h1-3,5-6,12-14H,4,7-10,15H2. The third-order valence-corrected chi connectivity index (χ3v) is 4.00. The van der Waals surface area contributed by atoms with E-state index in [0.717, 1.165) is 13.2 Å². The Hall–Kier alpha value is -0.900. The maximum atomic E-state index is 6.30. The first-order valence-corrected chi connectivity index (χ1v) is 6.51. The van der Waals surface area contributed by atoms with Gasteiger partial charge < -0.3 is 10.5 Å². The Morgan fingerprint density at radius 2 is 2.12 bits per heavy atom. The minimum Gasteiger partial charge on any atom is -0.373 e. The number of benzene rings is 1. The summed E-state index contributed by atoms with van der Waals surface area (Å²) in [4.78, 5) is 2.54. The second-order valence-electron chi connectivity index (χ2n) is 5.10. The van der Waals surface area contributed by atoms with E-state index in [2.05, 4.69) is 17.0 Å². The lowest BCUT2D eigenvalue weighted by Crippen LogP contribution is -2.49. The lowest BCUT2D eigenvalue weighted by atomic mass is 10.0. The molecule has 0 radical (unpaired) electrons. The van der Waals surface area contributed by atoms with Gasteiger partial charge in [-0.15, -0.1) is 0 Å². The average Bonchev–Trinajstić information content (AvgIpc) is 2.86. The van der Waals surface area contributed by atoms with Crippen LogP contribution in [-0.4, -0.2) is 36.7 Å². The number of fused-ring (bicyclic) bond motifs is 1. The molecule has 3 rings (SSSR count). The fraction of sp³-hybridized carbons (Fsp3) is 0.571. The number of nitrogens with two attached hydrogens (primary N) is 1. The Morgan fingerprint density at radius 1 is 1.29 bits per heavy atom. The summed E-state index contributed by atoms with van der Waals surface area (Å²) in [6.07, 6.45) is 2.74. The molecule has 2 fully saturated rings. The fourth-order valence-electron chi connectivity index (χ4n) is 2.95.